The molecule has 3 rings (SSSR count). The number of sulfone groups is 1. The zero-order valence-electron chi connectivity index (χ0n) is 14.6. The maximum absolute atomic E-state index is 13.0. The predicted octanol–water partition coefficient (Wildman–Crippen LogP) is 3.27. The van der Waals surface area contributed by atoms with Crippen molar-refractivity contribution in [3.8, 4) is 5.75 Å². The molecular formula is C18H20O7S2. The highest BCUT2D eigenvalue weighted by atomic mass is 32.3. The van der Waals surface area contributed by atoms with Crippen LogP contribution in [0, 0.1) is 0 Å². The molecule has 7 nitrogen and oxygen atoms in total. The van der Waals surface area contributed by atoms with E-state index in [9.17, 15) is 22.3 Å². The molecule has 1 unspecified atom stereocenters. The summed E-state index contributed by atoms with van der Waals surface area (Å²) in [5, 5.41) is -1.06. The van der Waals surface area contributed by atoms with Crippen LogP contribution in [0.1, 0.15) is 17.7 Å². The smallest absolute Gasteiger partial charge is 0.344 e. The Bertz CT molecular complexity index is 939. The third-order valence-electron chi connectivity index (χ3n) is 4.18. The SMILES string of the molecule is CCOC(=O)COc1ccc2c(c1)S(O)(O)CC2S(=O)(=O)c1ccccc1. The largest absolute Gasteiger partial charge is 0.482 e. The normalized spacial score (nSPS) is 19.1. The van der Waals surface area contributed by atoms with Gasteiger partial charge < -0.3 is 9.47 Å². The first kappa shape index (κ1) is 19.7. The topological polar surface area (TPSA) is 110 Å². The van der Waals surface area contributed by atoms with Gasteiger partial charge in [0, 0.05) is 6.07 Å². The van der Waals surface area contributed by atoms with E-state index in [0.717, 1.165) is 0 Å². The Hall–Kier alpha value is -2.07. The summed E-state index contributed by atoms with van der Waals surface area (Å²) in [5.74, 6) is -0.616. The highest BCUT2D eigenvalue weighted by molar-refractivity contribution is 8.25. The second kappa shape index (κ2) is 7.51. The first-order valence-electron chi connectivity index (χ1n) is 8.23. The lowest BCUT2D eigenvalue weighted by Gasteiger charge is -2.27. The summed E-state index contributed by atoms with van der Waals surface area (Å²) in [5.41, 5.74) is 0.335. The lowest BCUT2D eigenvalue weighted by molar-refractivity contribution is -0.145. The van der Waals surface area contributed by atoms with Crippen LogP contribution in [0.5, 0.6) is 5.75 Å². The Kier molecular flexibility index (Phi) is 5.48. The molecule has 0 bridgehead atoms. The van der Waals surface area contributed by atoms with Gasteiger partial charge in [-0.2, -0.15) is 10.6 Å². The quantitative estimate of drug-likeness (QED) is 0.701. The Morgan fingerprint density at radius 3 is 2.56 bits per heavy atom. The standard InChI is InChI=1S/C18H20O7S2/c1-2-24-18(19)11-25-13-8-9-15-16(10-13)26(20,21)12-17(15)27(22,23)14-6-4-3-5-7-14/h3-10,17,20-21H,2,11-12H2,1H3. The zero-order chi connectivity index (χ0) is 19.7. The van der Waals surface area contributed by atoms with Crippen LogP contribution in [0.15, 0.2) is 58.3 Å². The summed E-state index contributed by atoms with van der Waals surface area (Å²) in [4.78, 5) is 11.7. The molecule has 0 saturated heterocycles. The van der Waals surface area contributed by atoms with Crippen LogP contribution in [-0.2, 0) is 19.4 Å². The van der Waals surface area contributed by atoms with Gasteiger partial charge in [0.2, 0.25) is 0 Å². The van der Waals surface area contributed by atoms with Gasteiger partial charge in [-0.25, -0.2) is 13.2 Å². The summed E-state index contributed by atoms with van der Waals surface area (Å²) >= 11 is 0. The monoisotopic (exact) mass is 412 g/mol. The lowest BCUT2D eigenvalue weighted by Crippen LogP contribution is -2.15. The minimum absolute atomic E-state index is 0.126. The molecule has 27 heavy (non-hydrogen) atoms. The Morgan fingerprint density at radius 1 is 1.19 bits per heavy atom. The van der Waals surface area contributed by atoms with Gasteiger partial charge in [0.1, 0.15) is 11.0 Å². The summed E-state index contributed by atoms with van der Waals surface area (Å²) in [6.45, 7) is 1.58. The first-order valence-corrected chi connectivity index (χ1v) is 11.5. The number of hydrogen-bond donors (Lipinski definition) is 2. The molecule has 0 fully saturated rings. The molecule has 1 heterocycles. The summed E-state index contributed by atoms with van der Waals surface area (Å²) in [7, 11) is -7.08. The highest BCUT2D eigenvalue weighted by Gasteiger charge is 2.43. The summed E-state index contributed by atoms with van der Waals surface area (Å²) in [6, 6.07) is 12.3. The molecular weight excluding hydrogens is 392 g/mol. The van der Waals surface area contributed by atoms with E-state index in [1.54, 1.807) is 25.1 Å². The van der Waals surface area contributed by atoms with Gasteiger partial charge >= 0.3 is 5.97 Å². The molecule has 0 saturated carbocycles. The second-order valence-electron chi connectivity index (χ2n) is 5.97. The molecule has 0 aromatic heterocycles. The fourth-order valence-corrected chi connectivity index (χ4v) is 7.36. The van der Waals surface area contributed by atoms with Crippen molar-refractivity contribution in [1.82, 2.24) is 0 Å². The van der Waals surface area contributed by atoms with Crippen LogP contribution in [0.2, 0.25) is 0 Å². The molecule has 2 aromatic carbocycles. The van der Waals surface area contributed by atoms with E-state index in [0.29, 0.717) is 5.56 Å². The maximum Gasteiger partial charge on any atom is 0.344 e. The molecule has 1 aliphatic rings. The molecule has 2 aromatic rings. The van der Waals surface area contributed by atoms with E-state index < -0.39 is 31.6 Å². The molecule has 2 N–H and O–H groups in total. The highest BCUT2D eigenvalue weighted by Crippen LogP contribution is 2.61. The van der Waals surface area contributed by atoms with Gasteiger partial charge in [-0.15, -0.1) is 0 Å². The van der Waals surface area contributed by atoms with Crippen molar-refractivity contribution in [1.29, 1.82) is 0 Å². The molecule has 0 spiro atoms. The third kappa shape index (κ3) is 3.96. The fraction of sp³-hybridized carbons (Fsp3) is 0.278. The zero-order valence-corrected chi connectivity index (χ0v) is 16.2. The molecule has 0 amide bonds. The van der Waals surface area contributed by atoms with Crippen LogP contribution in [-0.4, -0.2) is 42.5 Å². The molecule has 1 atom stereocenters. The van der Waals surface area contributed by atoms with Gasteiger partial charge in [-0.1, -0.05) is 24.3 Å². The molecule has 0 aliphatic carbocycles. The van der Waals surface area contributed by atoms with Crippen LogP contribution < -0.4 is 4.74 Å². The Labute approximate surface area is 159 Å². The molecule has 0 radical (unpaired) electrons. The first-order chi connectivity index (χ1) is 12.8. The van der Waals surface area contributed by atoms with Gasteiger partial charge in [-0.3, -0.25) is 9.11 Å². The summed E-state index contributed by atoms with van der Waals surface area (Å²) in [6.07, 6.45) is 0. The van der Waals surface area contributed by atoms with Crippen molar-refractivity contribution in [3.63, 3.8) is 0 Å². The van der Waals surface area contributed by atoms with Crippen molar-refractivity contribution in [3.05, 3.63) is 54.1 Å². The number of ether oxygens (including phenoxy) is 2. The van der Waals surface area contributed by atoms with Gasteiger partial charge in [0.05, 0.1) is 22.2 Å². The van der Waals surface area contributed by atoms with E-state index in [-0.39, 0.29) is 34.5 Å². The Morgan fingerprint density at radius 2 is 1.89 bits per heavy atom. The number of fused-ring (bicyclic) bond motifs is 1. The number of hydrogen-bond acceptors (Lipinski definition) is 7. The Balaban J connectivity index is 1.91. The van der Waals surface area contributed by atoms with Crippen molar-refractivity contribution < 1.29 is 31.8 Å². The summed E-state index contributed by atoms with van der Waals surface area (Å²) < 4.78 is 56.9. The van der Waals surface area contributed by atoms with Crippen molar-refractivity contribution in [2.45, 2.75) is 22.0 Å². The molecule has 1 aliphatic heterocycles. The average Bonchev–Trinajstić information content (AvgIpc) is 2.92. The van der Waals surface area contributed by atoms with Crippen molar-refractivity contribution in [2.24, 2.45) is 0 Å². The van der Waals surface area contributed by atoms with Crippen LogP contribution in [0.4, 0.5) is 0 Å². The average molecular weight is 412 g/mol. The van der Waals surface area contributed by atoms with E-state index in [1.807, 2.05) is 0 Å². The number of carbonyl (C=O) groups excluding carboxylic acids is 1. The van der Waals surface area contributed by atoms with Crippen molar-refractivity contribution >= 4 is 26.4 Å². The fourth-order valence-electron chi connectivity index (χ4n) is 2.92. The maximum atomic E-state index is 13.0. The minimum Gasteiger partial charge on any atom is -0.482 e. The molecule has 9 heteroatoms. The van der Waals surface area contributed by atoms with E-state index in [4.69, 9.17) is 9.47 Å². The van der Waals surface area contributed by atoms with Gasteiger partial charge in [0.25, 0.3) is 0 Å². The second-order valence-corrected chi connectivity index (χ2v) is 10.2. The van der Waals surface area contributed by atoms with Crippen LogP contribution in [0.3, 0.4) is 0 Å². The number of benzene rings is 2. The minimum atomic E-state index is -3.78. The van der Waals surface area contributed by atoms with E-state index in [1.165, 1.54) is 30.3 Å². The number of carbonyl (C=O) groups is 1. The van der Waals surface area contributed by atoms with Gasteiger partial charge in [0.15, 0.2) is 16.4 Å². The van der Waals surface area contributed by atoms with E-state index in [2.05, 4.69) is 0 Å². The van der Waals surface area contributed by atoms with Crippen LogP contribution in [0.25, 0.3) is 0 Å². The predicted molar refractivity (Wildman–Crippen MR) is 101 cm³/mol. The number of esters is 1. The van der Waals surface area contributed by atoms with E-state index >= 15 is 0 Å². The number of rotatable bonds is 6. The third-order valence-corrected chi connectivity index (χ3v) is 8.34. The molecule has 146 valence electrons. The lowest BCUT2D eigenvalue weighted by atomic mass is 10.1. The van der Waals surface area contributed by atoms with Gasteiger partial charge in [-0.05, 0) is 30.7 Å². The van der Waals surface area contributed by atoms with Crippen molar-refractivity contribution in [2.75, 3.05) is 19.0 Å². The van der Waals surface area contributed by atoms with Crippen LogP contribution >= 0.6 is 10.6 Å².